The molecule has 7 aromatic carbocycles. The Morgan fingerprint density at radius 1 is 0.409 bits per heavy atom. The normalized spacial score (nSPS) is 11.2. The lowest BCUT2D eigenvalue weighted by molar-refractivity contribution is 0.620. The van der Waals surface area contributed by atoms with Crippen molar-refractivity contribution in [3.8, 4) is 33.7 Å². The number of anilines is 3. The van der Waals surface area contributed by atoms with Crippen LogP contribution in [0.5, 0.6) is 0 Å². The summed E-state index contributed by atoms with van der Waals surface area (Å²) in [5, 5.41) is 2.15. The second kappa shape index (κ2) is 11.0. The maximum absolute atomic E-state index is 6.24. The predicted octanol–water partition coefficient (Wildman–Crippen LogP) is 11.5. The molecule has 0 saturated heterocycles. The minimum Gasteiger partial charge on any atom is -0.436 e. The lowest BCUT2D eigenvalue weighted by atomic mass is 9.99. The van der Waals surface area contributed by atoms with E-state index in [0.29, 0.717) is 5.89 Å². The van der Waals surface area contributed by atoms with Gasteiger partial charge in [-0.3, -0.25) is 0 Å². The van der Waals surface area contributed by atoms with E-state index in [-0.39, 0.29) is 0 Å². The van der Waals surface area contributed by atoms with Crippen LogP contribution in [-0.4, -0.2) is 4.98 Å². The maximum atomic E-state index is 6.24. The highest BCUT2D eigenvalue weighted by Crippen LogP contribution is 2.44. The maximum Gasteiger partial charge on any atom is 0.227 e. The second-order valence-electron chi connectivity index (χ2n) is 10.8. The number of fused-ring (bicyclic) bond motifs is 3. The van der Waals surface area contributed by atoms with Gasteiger partial charge in [0.2, 0.25) is 5.89 Å². The molecule has 3 nitrogen and oxygen atoms in total. The van der Waals surface area contributed by atoms with E-state index in [1.54, 1.807) is 0 Å². The Bertz CT molecular complexity index is 2200. The molecular weight excluding hydrogens is 536 g/mol. The molecule has 0 radical (unpaired) electrons. The van der Waals surface area contributed by atoms with Gasteiger partial charge in [-0.2, -0.15) is 0 Å². The molecule has 0 aliphatic heterocycles. The molecular formula is C41H28N2O. The van der Waals surface area contributed by atoms with Crippen LogP contribution in [0.4, 0.5) is 17.1 Å². The van der Waals surface area contributed by atoms with Crippen LogP contribution < -0.4 is 4.90 Å². The molecule has 1 aromatic heterocycles. The van der Waals surface area contributed by atoms with Crippen molar-refractivity contribution in [1.29, 1.82) is 0 Å². The highest BCUT2D eigenvalue weighted by molar-refractivity contribution is 6.11. The van der Waals surface area contributed by atoms with Crippen LogP contribution in [0.2, 0.25) is 0 Å². The highest BCUT2D eigenvalue weighted by atomic mass is 16.3. The monoisotopic (exact) mass is 564 g/mol. The summed E-state index contributed by atoms with van der Waals surface area (Å²) in [6, 6.07) is 59.3. The summed E-state index contributed by atoms with van der Waals surface area (Å²) in [4.78, 5) is 7.35. The van der Waals surface area contributed by atoms with E-state index < -0.39 is 0 Å². The smallest absolute Gasteiger partial charge is 0.227 e. The minimum absolute atomic E-state index is 0.626. The van der Waals surface area contributed by atoms with E-state index in [9.17, 15) is 0 Å². The molecule has 0 spiro atoms. The third kappa shape index (κ3) is 4.61. The molecule has 8 aromatic rings. The molecule has 0 atom stereocenters. The summed E-state index contributed by atoms with van der Waals surface area (Å²) in [7, 11) is 0. The third-order valence-electron chi connectivity index (χ3n) is 8.12. The number of hydrogen-bond donors (Lipinski definition) is 0. The molecule has 0 bridgehead atoms. The fourth-order valence-electron chi connectivity index (χ4n) is 6.00. The Hall–Kier alpha value is -5.93. The molecule has 3 heteroatoms. The molecule has 0 aliphatic rings. The van der Waals surface area contributed by atoms with Crippen molar-refractivity contribution in [3.63, 3.8) is 0 Å². The summed E-state index contributed by atoms with van der Waals surface area (Å²) in [6.07, 6.45) is 0. The summed E-state index contributed by atoms with van der Waals surface area (Å²) in [5.41, 5.74) is 10.6. The van der Waals surface area contributed by atoms with E-state index in [4.69, 9.17) is 9.40 Å². The average molecular weight is 565 g/mol. The SMILES string of the molecule is c1ccc(-c2ccc(N(c3ccccc3-c3ccccc3)c3cccc4c3ccc3oc(-c5ccccc5)nc34)cc2)cc1. The van der Waals surface area contributed by atoms with Gasteiger partial charge in [0.25, 0.3) is 0 Å². The fraction of sp³-hybridized carbons (Fsp3) is 0. The second-order valence-corrected chi connectivity index (χ2v) is 10.8. The van der Waals surface area contributed by atoms with E-state index in [0.717, 1.165) is 50.1 Å². The van der Waals surface area contributed by atoms with Gasteiger partial charge < -0.3 is 9.32 Å². The zero-order valence-corrected chi connectivity index (χ0v) is 24.0. The zero-order chi connectivity index (χ0) is 29.3. The first-order valence-corrected chi connectivity index (χ1v) is 14.8. The van der Waals surface area contributed by atoms with Gasteiger partial charge in [-0.15, -0.1) is 0 Å². The van der Waals surface area contributed by atoms with Crippen LogP contribution in [-0.2, 0) is 0 Å². The number of nitrogens with zero attached hydrogens (tertiary/aromatic N) is 2. The van der Waals surface area contributed by atoms with E-state index >= 15 is 0 Å². The number of rotatable bonds is 6. The van der Waals surface area contributed by atoms with Gasteiger partial charge in [0.15, 0.2) is 5.58 Å². The first kappa shape index (κ1) is 25.8. The highest BCUT2D eigenvalue weighted by Gasteiger charge is 2.21. The van der Waals surface area contributed by atoms with Crippen LogP contribution in [0.3, 0.4) is 0 Å². The summed E-state index contributed by atoms with van der Waals surface area (Å²) < 4.78 is 6.24. The van der Waals surface area contributed by atoms with Crippen LogP contribution in [0.25, 0.3) is 55.6 Å². The molecule has 0 aliphatic carbocycles. The van der Waals surface area contributed by atoms with Gasteiger partial charge in [-0.1, -0.05) is 121 Å². The third-order valence-corrected chi connectivity index (χ3v) is 8.12. The van der Waals surface area contributed by atoms with Crippen molar-refractivity contribution in [2.24, 2.45) is 0 Å². The van der Waals surface area contributed by atoms with Crippen molar-refractivity contribution in [2.75, 3.05) is 4.90 Å². The van der Waals surface area contributed by atoms with Crippen LogP contribution >= 0.6 is 0 Å². The van der Waals surface area contributed by atoms with Gasteiger partial charge in [0, 0.05) is 27.6 Å². The molecule has 0 unspecified atom stereocenters. The molecule has 208 valence electrons. The van der Waals surface area contributed by atoms with Crippen molar-refractivity contribution < 1.29 is 4.42 Å². The Balaban J connectivity index is 1.34. The van der Waals surface area contributed by atoms with Crippen LogP contribution in [0, 0.1) is 0 Å². The molecule has 0 amide bonds. The Kier molecular flexibility index (Phi) is 6.47. The topological polar surface area (TPSA) is 29.3 Å². The van der Waals surface area contributed by atoms with Crippen molar-refractivity contribution in [2.45, 2.75) is 0 Å². The first-order chi connectivity index (χ1) is 21.8. The Morgan fingerprint density at radius 2 is 1.00 bits per heavy atom. The average Bonchev–Trinajstić information content (AvgIpc) is 3.56. The van der Waals surface area contributed by atoms with Gasteiger partial charge >= 0.3 is 0 Å². The molecule has 0 N–H and O–H groups in total. The Labute approximate surface area is 256 Å². The van der Waals surface area contributed by atoms with Gasteiger partial charge in [0.05, 0.1) is 11.4 Å². The van der Waals surface area contributed by atoms with Crippen molar-refractivity contribution in [1.82, 2.24) is 4.98 Å². The van der Waals surface area contributed by atoms with Gasteiger partial charge in [0.1, 0.15) is 5.52 Å². The zero-order valence-electron chi connectivity index (χ0n) is 24.0. The van der Waals surface area contributed by atoms with E-state index in [1.807, 2.05) is 36.4 Å². The number of oxazole rings is 1. The quantitative estimate of drug-likeness (QED) is 0.201. The largest absolute Gasteiger partial charge is 0.436 e. The molecule has 8 rings (SSSR count). The lowest BCUT2D eigenvalue weighted by Gasteiger charge is -2.29. The lowest BCUT2D eigenvalue weighted by Crippen LogP contribution is -2.11. The molecule has 44 heavy (non-hydrogen) atoms. The predicted molar refractivity (Wildman–Crippen MR) is 183 cm³/mol. The number of benzene rings is 7. The molecule has 0 saturated carbocycles. The Morgan fingerprint density at radius 3 is 1.73 bits per heavy atom. The standard InChI is InChI=1S/C41H28N2O/c1-4-13-29(14-5-1)30-23-25-33(26-24-30)43(37-21-11-10-19-34(37)31-15-6-2-7-16-31)38-22-12-20-36-35(38)27-28-39-40(36)42-41(44-39)32-17-8-3-9-18-32/h1-28H. The first-order valence-electron chi connectivity index (χ1n) is 14.8. The minimum atomic E-state index is 0.626. The van der Waals surface area contributed by atoms with Crippen LogP contribution in [0.1, 0.15) is 0 Å². The number of aromatic nitrogens is 1. The van der Waals surface area contributed by atoms with Gasteiger partial charge in [-0.25, -0.2) is 4.98 Å². The number of hydrogen-bond acceptors (Lipinski definition) is 3. The molecule has 1 heterocycles. The van der Waals surface area contributed by atoms with E-state index in [2.05, 4.69) is 138 Å². The number of para-hydroxylation sites is 1. The van der Waals surface area contributed by atoms with Crippen molar-refractivity contribution >= 4 is 38.9 Å². The summed E-state index contributed by atoms with van der Waals surface area (Å²) >= 11 is 0. The summed E-state index contributed by atoms with van der Waals surface area (Å²) in [6.45, 7) is 0. The summed E-state index contributed by atoms with van der Waals surface area (Å²) in [5.74, 6) is 0.626. The molecule has 0 fully saturated rings. The van der Waals surface area contributed by atoms with Crippen molar-refractivity contribution in [3.05, 3.63) is 170 Å². The van der Waals surface area contributed by atoms with E-state index in [1.165, 1.54) is 16.7 Å². The van der Waals surface area contributed by atoms with Gasteiger partial charge in [-0.05, 0) is 65.2 Å². The van der Waals surface area contributed by atoms with Crippen LogP contribution in [0.15, 0.2) is 174 Å². The fourth-order valence-corrected chi connectivity index (χ4v) is 6.00.